The zero-order valence-electron chi connectivity index (χ0n) is 29.0. The summed E-state index contributed by atoms with van der Waals surface area (Å²) in [6, 6.07) is 2.95. The van der Waals surface area contributed by atoms with Gasteiger partial charge < -0.3 is 15.0 Å². The van der Waals surface area contributed by atoms with E-state index < -0.39 is 74.3 Å². The Balaban J connectivity index is 1.22. The van der Waals surface area contributed by atoms with Crippen molar-refractivity contribution in [1.29, 1.82) is 0 Å². The van der Waals surface area contributed by atoms with Gasteiger partial charge in [0.15, 0.2) is 0 Å². The number of sulfonamides is 1. The fourth-order valence-corrected chi connectivity index (χ4v) is 9.25. The summed E-state index contributed by atoms with van der Waals surface area (Å²) in [5.74, 6) is -4.22. The number of carbonyl (C=O) groups excluding carboxylic acids is 4. The lowest BCUT2D eigenvalue weighted by Crippen LogP contribution is -2.54. The van der Waals surface area contributed by atoms with Crippen LogP contribution in [0.3, 0.4) is 0 Å². The smallest absolute Gasteiger partial charge is 0.416 e. The highest BCUT2D eigenvalue weighted by Gasteiger charge is 2.62. The lowest BCUT2D eigenvalue weighted by molar-refractivity contribution is -0.140. The molecule has 3 saturated carbocycles. The molecule has 5 atom stereocenters. The van der Waals surface area contributed by atoms with E-state index in [0.29, 0.717) is 37.2 Å². The Morgan fingerprint density at radius 2 is 1.87 bits per heavy atom. The van der Waals surface area contributed by atoms with Crippen molar-refractivity contribution in [3.63, 3.8) is 0 Å². The molecule has 1 aliphatic heterocycles. The molecule has 1 aromatic carbocycles. The summed E-state index contributed by atoms with van der Waals surface area (Å²) >= 11 is 1.22. The Bertz CT molecular complexity index is 1880. The minimum absolute atomic E-state index is 0.0487. The van der Waals surface area contributed by atoms with Gasteiger partial charge in [0, 0.05) is 30.5 Å². The van der Waals surface area contributed by atoms with Gasteiger partial charge in [-0.2, -0.15) is 13.2 Å². The summed E-state index contributed by atoms with van der Waals surface area (Å²) in [6.45, 7) is 4.28. The predicted octanol–water partition coefficient (Wildman–Crippen LogP) is 5.58. The largest absolute Gasteiger partial charge is 0.446 e. The fourth-order valence-electron chi connectivity index (χ4n) is 6.87. The normalized spacial score (nSPS) is 27.6. The van der Waals surface area contributed by atoms with E-state index in [-0.39, 0.29) is 42.3 Å². The number of allylic oxidation sites excluding steroid dienone is 1. The van der Waals surface area contributed by atoms with Crippen LogP contribution in [-0.2, 0) is 35.3 Å². The Morgan fingerprint density at radius 1 is 1.13 bits per heavy atom. The number of aromatic nitrogens is 1. The predicted molar refractivity (Wildman–Crippen MR) is 186 cm³/mol. The number of benzene rings is 1. The molecule has 52 heavy (non-hydrogen) atoms. The molecule has 6 rings (SSSR count). The second-order valence-electron chi connectivity index (χ2n) is 14.5. The molecule has 0 bridgehead atoms. The number of ether oxygens (including phenoxy) is 1. The number of nitrogens with zero attached hydrogens (tertiary/aromatic N) is 2. The average Bonchev–Trinajstić information content (AvgIpc) is 3.94. The molecule has 12 nitrogen and oxygen atoms in total. The maximum atomic E-state index is 14.0. The fraction of sp³-hybridized carbons (Fsp3) is 0.571. The third-order valence-corrected chi connectivity index (χ3v) is 12.9. The molecular formula is C35H42F3N5O7S2. The third kappa shape index (κ3) is 8.14. The zero-order chi connectivity index (χ0) is 37.6. The number of fused-ring (bicyclic) bond motifs is 2. The van der Waals surface area contributed by atoms with E-state index in [1.807, 2.05) is 26.0 Å². The van der Waals surface area contributed by atoms with Gasteiger partial charge in [-0.1, -0.05) is 26.0 Å². The number of hydrogen-bond donors (Lipinski definition) is 3. The molecule has 3 aliphatic carbocycles. The van der Waals surface area contributed by atoms with E-state index in [4.69, 9.17) is 4.74 Å². The number of halogens is 3. The van der Waals surface area contributed by atoms with E-state index in [1.54, 1.807) is 12.4 Å². The third-order valence-electron chi connectivity index (χ3n) is 10.2. The Morgan fingerprint density at radius 3 is 2.54 bits per heavy atom. The number of rotatable bonds is 7. The van der Waals surface area contributed by atoms with Gasteiger partial charge in [-0.3, -0.25) is 24.4 Å². The zero-order valence-corrected chi connectivity index (χ0v) is 30.6. The molecular weight excluding hydrogens is 724 g/mol. The van der Waals surface area contributed by atoms with Crippen LogP contribution in [-0.4, -0.2) is 72.6 Å². The van der Waals surface area contributed by atoms with Crippen molar-refractivity contribution in [2.24, 2.45) is 17.8 Å². The number of alkyl halides is 3. The Hall–Kier alpha value is -3.99. The minimum atomic E-state index is -4.69. The van der Waals surface area contributed by atoms with E-state index >= 15 is 0 Å². The lowest BCUT2D eigenvalue weighted by atomic mass is 9.93. The van der Waals surface area contributed by atoms with Crippen molar-refractivity contribution in [3.8, 4) is 10.6 Å². The van der Waals surface area contributed by atoms with E-state index in [9.17, 15) is 40.8 Å². The molecule has 4 amide bonds. The van der Waals surface area contributed by atoms with Crippen molar-refractivity contribution < 1.29 is 45.5 Å². The number of anilines is 1. The second kappa shape index (κ2) is 14.4. The first kappa shape index (κ1) is 37.8. The van der Waals surface area contributed by atoms with Crippen LogP contribution >= 0.6 is 11.3 Å². The molecule has 0 radical (unpaired) electrons. The molecule has 2 heterocycles. The Kier molecular flexibility index (Phi) is 10.5. The number of thiazole rings is 1. The van der Waals surface area contributed by atoms with Crippen molar-refractivity contribution in [2.45, 2.75) is 94.2 Å². The SMILES string of the molecule is CC(C)c1csc(-c2ccc(C(F)(F)F)cc2NC(=O)O[C@@H]2C[C@H]3C(=O)N[C@]4(C(=O)NS(=O)(=O)C5CC5)C[C@H]4/C=C/CCCCN(C)C(=O)[C@@H]3C2)n1. The molecule has 17 heteroatoms. The number of nitrogens with one attached hydrogen (secondary N) is 3. The first-order valence-corrected chi connectivity index (χ1v) is 19.9. The summed E-state index contributed by atoms with van der Waals surface area (Å²) < 4.78 is 74.3. The molecule has 0 saturated heterocycles. The summed E-state index contributed by atoms with van der Waals surface area (Å²) in [5, 5.41) is 6.75. The molecule has 3 N–H and O–H groups in total. The highest BCUT2D eigenvalue weighted by molar-refractivity contribution is 7.91. The molecule has 1 aromatic heterocycles. The van der Waals surface area contributed by atoms with Crippen LogP contribution in [0.15, 0.2) is 35.7 Å². The van der Waals surface area contributed by atoms with Crippen LogP contribution < -0.4 is 15.4 Å². The average molecular weight is 766 g/mol. The molecule has 3 fully saturated rings. The highest BCUT2D eigenvalue weighted by atomic mass is 32.2. The standard InChI is InChI=1S/C35H42F3N5O7S2/c1-19(2)28-18-51-30(39-28)24-12-9-20(35(36,37)38)14-27(24)40-33(47)50-22-15-25-26(16-22)31(45)43(3)13-7-5-4-6-8-21-17-34(21,41-29(25)44)32(46)42-52(48,49)23-10-11-23/h6,8-9,12,14,18-19,21-23,25-26H,4-5,7,10-11,13,15-17H2,1-3H3,(H,40,47)(H,41,44)(H,42,46)/b8-6+/t21-,22-,25-,26-,34-/m1/s1. The van der Waals surface area contributed by atoms with E-state index in [1.165, 1.54) is 22.3 Å². The number of hydrogen-bond acceptors (Lipinski definition) is 9. The lowest BCUT2D eigenvalue weighted by Gasteiger charge is -2.26. The van der Waals surface area contributed by atoms with E-state index in [2.05, 4.69) is 20.3 Å². The van der Waals surface area contributed by atoms with Crippen LogP contribution in [0.2, 0.25) is 0 Å². The summed E-state index contributed by atoms with van der Waals surface area (Å²) in [6.07, 6.45) is -0.0628. The van der Waals surface area contributed by atoms with Gasteiger partial charge in [-0.25, -0.2) is 18.2 Å². The van der Waals surface area contributed by atoms with Crippen molar-refractivity contribution in [1.82, 2.24) is 19.9 Å². The van der Waals surface area contributed by atoms with Gasteiger partial charge in [0.05, 0.1) is 34.0 Å². The molecule has 2 aromatic rings. The van der Waals surface area contributed by atoms with Gasteiger partial charge in [-0.15, -0.1) is 11.3 Å². The number of amides is 4. The second-order valence-corrected chi connectivity index (χ2v) is 17.3. The molecule has 0 spiro atoms. The van der Waals surface area contributed by atoms with Crippen LogP contribution in [0.5, 0.6) is 0 Å². The van der Waals surface area contributed by atoms with Crippen molar-refractivity contribution >= 4 is 50.9 Å². The maximum Gasteiger partial charge on any atom is 0.416 e. The molecule has 0 unspecified atom stereocenters. The van der Waals surface area contributed by atoms with Gasteiger partial charge in [0.25, 0.3) is 5.91 Å². The van der Waals surface area contributed by atoms with Crippen LogP contribution in [0, 0.1) is 17.8 Å². The highest BCUT2D eigenvalue weighted by Crippen LogP contribution is 2.47. The minimum Gasteiger partial charge on any atom is -0.446 e. The molecule has 4 aliphatic rings. The van der Waals surface area contributed by atoms with Crippen LogP contribution in [0.25, 0.3) is 10.6 Å². The van der Waals surface area contributed by atoms with Crippen molar-refractivity contribution in [2.75, 3.05) is 18.9 Å². The Labute approximate surface area is 304 Å². The van der Waals surface area contributed by atoms with Gasteiger partial charge in [0.2, 0.25) is 21.8 Å². The topological polar surface area (TPSA) is 164 Å². The van der Waals surface area contributed by atoms with Crippen LogP contribution in [0.4, 0.5) is 23.7 Å². The monoisotopic (exact) mass is 765 g/mol. The summed E-state index contributed by atoms with van der Waals surface area (Å²) in [7, 11) is -2.29. The van der Waals surface area contributed by atoms with Crippen molar-refractivity contribution in [3.05, 3.63) is 47.0 Å². The summed E-state index contributed by atoms with van der Waals surface area (Å²) in [4.78, 5) is 60.5. The van der Waals surface area contributed by atoms with Gasteiger partial charge in [0.1, 0.15) is 16.7 Å². The maximum absolute atomic E-state index is 14.0. The summed E-state index contributed by atoms with van der Waals surface area (Å²) in [5.41, 5.74) is -1.68. The van der Waals surface area contributed by atoms with Crippen LogP contribution in [0.1, 0.15) is 82.4 Å². The number of carbonyl (C=O) groups is 4. The van der Waals surface area contributed by atoms with Gasteiger partial charge >= 0.3 is 12.3 Å². The van der Waals surface area contributed by atoms with Gasteiger partial charge in [-0.05, 0) is 75.5 Å². The van der Waals surface area contributed by atoms with E-state index in [0.717, 1.165) is 24.2 Å². The first-order valence-electron chi connectivity index (χ1n) is 17.4. The first-order chi connectivity index (χ1) is 24.5. The molecule has 282 valence electrons. The quantitative estimate of drug-likeness (QED) is 0.308.